The first-order valence-electron chi connectivity index (χ1n) is 6.87. The summed E-state index contributed by atoms with van der Waals surface area (Å²) in [6, 6.07) is 7.50. The molecular formula is C16H18FN3O. The van der Waals surface area contributed by atoms with Gasteiger partial charge in [0.25, 0.3) is 5.91 Å². The Balaban J connectivity index is 2.19. The molecule has 1 heterocycles. The van der Waals surface area contributed by atoms with E-state index < -0.39 is 0 Å². The first-order chi connectivity index (χ1) is 10.1. The zero-order chi connectivity index (χ0) is 15.2. The summed E-state index contributed by atoms with van der Waals surface area (Å²) in [5, 5.41) is 5.95. The molecule has 1 aromatic heterocycles. The Morgan fingerprint density at radius 1 is 1.29 bits per heavy atom. The van der Waals surface area contributed by atoms with Crippen molar-refractivity contribution in [2.45, 2.75) is 20.3 Å². The van der Waals surface area contributed by atoms with E-state index in [1.807, 2.05) is 13.0 Å². The fourth-order valence-corrected chi connectivity index (χ4v) is 1.88. The molecule has 0 aliphatic rings. The predicted octanol–water partition coefficient (Wildman–Crippen LogP) is 3.60. The van der Waals surface area contributed by atoms with Crippen LogP contribution in [-0.2, 0) is 0 Å². The highest BCUT2D eigenvalue weighted by atomic mass is 19.1. The zero-order valence-electron chi connectivity index (χ0n) is 12.1. The van der Waals surface area contributed by atoms with Crippen LogP contribution in [0.4, 0.5) is 15.8 Å². The van der Waals surface area contributed by atoms with Crippen LogP contribution < -0.4 is 10.6 Å². The summed E-state index contributed by atoms with van der Waals surface area (Å²) < 4.78 is 12.9. The van der Waals surface area contributed by atoms with Crippen molar-refractivity contribution in [2.75, 3.05) is 17.2 Å². The van der Waals surface area contributed by atoms with E-state index in [-0.39, 0.29) is 11.7 Å². The largest absolute Gasteiger partial charge is 0.384 e. The zero-order valence-corrected chi connectivity index (χ0v) is 12.1. The molecule has 1 amide bonds. The molecule has 5 heteroatoms. The number of nitrogens with zero attached hydrogens (tertiary/aromatic N) is 1. The highest BCUT2D eigenvalue weighted by molar-refractivity contribution is 6.07. The minimum atomic E-state index is -0.338. The summed E-state index contributed by atoms with van der Waals surface area (Å²) in [6.45, 7) is 4.71. The number of benzene rings is 1. The molecule has 0 saturated heterocycles. The lowest BCUT2D eigenvalue weighted by atomic mass is 10.2. The van der Waals surface area contributed by atoms with Crippen LogP contribution in [0.2, 0.25) is 0 Å². The predicted molar refractivity (Wildman–Crippen MR) is 82.1 cm³/mol. The SMILES string of the molecule is CCCNc1cc(C)ncc1C(=O)Nc1ccc(F)cc1. The highest BCUT2D eigenvalue weighted by Crippen LogP contribution is 2.18. The summed E-state index contributed by atoms with van der Waals surface area (Å²) in [6.07, 6.45) is 2.51. The third-order valence-corrected chi connectivity index (χ3v) is 2.95. The van der Waals surface area contributed by atoms with Gasteiger partial charge >= 0.3 is 0 Å². The van der Waals surface area contributed by atoms with Crippen LogP contribution >= 0.6 is 0 Å². The Morgan fingerprint density at radius 2 is 2.00 bits per heavy atom. The van der Waals surface area contributed by atoms with Gasteiger partial charge in [0.2, 0.25) is 0 Å². The number of aryl methyl sites for hydroxylation is 1. The fraction of sp³-hybridized carbons (Fsp3) is 0.250. The second-order valence-corrected chi connectivity index (χ2v) is 4.76. The molecule has 0 spiro atoms. The third-order valence-electron chi connectivity index (χ3n) is 2.95. The number of halogens is 1. The maximum atomic E-state index is 12.9. The van der Waals surface area contributed by atoms with Crippen LogP contribution in [0.1, 0.15) is 29.4 Å². The molecule has 110 valence electrons. The Labute approximate surface area is 123 Å². The average Bonchev–Trinajstić information content (AvgIpc) is 2.47. The van der Waals surface area contributed by atoms with Crippen molar-refractivity contribution in [3.63, 3.8) is 0 Å². The van der Waals surface area contributed by atoms with Gasteiger partial charge in [-0.2, -0.15) is 0 Å². The Bertz CT molecular complexity index is 626. The van der Waals surface area contributed by atoms with E-state index in [1.54, 1.807) is 6.20 Å². The summed E-state index contributed by atoms with van der Waals surface area (Å²) in [7, 11) is 0. The summed E-state index contributed by atoms with van der Waals surface area (Å²) in [5.74, 6) is -0.608. The number of amides is 1. The van der Waals surface area contributed by atoms with E-state index in [0.717, 1.165) is 24.3 Å². The van der Waals surface area contributed by atoms with Gasteiger partial charge in [0.1, 0.15) is 5.82 Å². The first-order valence-corrected chi connectivity index (χ1v) is 6.87. The molecule has 0 unspecified atom stereocenters. The lowest BCUT2D eigenvalue weighted by Gasteiger charge is -2.12. The monoisotopic (exact) mass is 287 g/mol. The highest BCUT2D eigenvalue weighted by Gasteiger charge is 2.12. The van der Waals surface area contributed by atoms with Gasteiger partial charge < -0.3 is 10.6 Å². The molecule has 0 bridgehead atoms. The summed E-state index contributed by atoms with van der Waals surface area (Å²) in [5.41, 5.74) is 2.61. The van der Waals surface area contributed by atoms with Crippen LogP contribution in [-0.4, -0.2) is 17.4 Å². The molecule has 2 rings (SSSR count). The van der Waals surface area contributed by atoms with Crippen LogP contribution in [0, 0.1) is 12.7 Å². The normalized spacial score (nSPS) is 10.2. The molecule has 1 aromatic carbocycles. The van der Waals surface area contributed by atoms with Crippen LogP contribution in [0.25, 0.3) is 0 Å². The number of aromatic nitrogens is 1. The Morgan fingerprint density at radius 3 is 2.67 bits per heavy atom. The van der Waals surface area contributed by atoms with Gasteiger partial charge in [-0.25, -0.2) is 4.39 Å². The van der Waals surface area contributed by atoms with Crippen molar-refractivity contribution in [3.8, 4) is 0 Å². The summed E-state index contributed by atoms with van der Waals surface area (Å²) in [4.78, 5) is 16.5. The van der Waals surface area contributed by atoms with Crippen LogP contribution in [0.3, 0.4) is 0 Å². The number of pyridine rings is 1. The van der Waals surface area contributed by atoms with Crippen molar-refractivity contribution in [1.29, 1.82) is 0 Å². The minimum Gasteiger partial charge on any atom is -0.384 e. The van der Waals surface area contributed by atoms with Crippen molar-refractivity contribution >= 4 is 17.3 Å². The number of carbonyl (C=O) groups excluding carboxylic acids is 1. The maximum absolute atomic E-state index is 12.9. The van der Waals surface area contributed by atoms with Gasteiger partial charge in [-0.05, 0) is 43.7 Å². The molecule has 0 aliphatic heterocycles. The van der Waals surface area contributed by atoms with Crippen LogP contribution in [0.15, 0.2) is 36.5 Å². The van der Waals surface area contributed by atoms with E-state index in [1.165, 1.54) is 24.3 Å². The molecule has 21 heavy (non-hydrogen) atoms. The van der Waals surface area contributed by atoms with E-state index >= 15 is 0 Å². The fourth-order valence-electron chi connectivity index (χ4n) is 1.88. The molecule has 0 aliphatic carbocycles. The number of hydrogen-bond donors (Lipinski definition) is 2. The number of nitrogens with one attached hydrogen (secondary N) is 2. The molecule has 0 saturated carbocycles. The van der Waals surface area contributed by atoms with Crippen LogP contribution in [0.5, 0.6) is 0 Å². The minimum absolute atomic E-state index is 0.271. The van der Waals surface area contributed by atoms with Gasteiger partial charge in [0.05, 0.1) is 11.3 Å². The van der Waals surface area contributed by atoms with Crippen molar-refractivity contribution < 1.29 is 9.18 Å². The van der Waals surface area contributed by atoms with E-state index in [2.05, 4.69) is 22.5 Å². The molecule has 2 aromatic rings. The molecular weight excluding hydrogens is 269 g/mol. The smallest absolute Gasteiger partial charge is 0.259 e. The van der Waals surface area contributed by atoms with Crippen molar-refractivity contribution in [2.24, 2.45) is 0 Å². The lowest BCUT2D eigenvalue weighted by Crippen LogP contribution is -2.16. The number of anilines is 2. The Hall–Kier alpha value is -2.43. The number of rotatable bonds is 5. The first kappa shape index (κ1) is 15.0. The quantitative estimate of drug-likeness (QED) is 0.883. The molecule has 4 nitrogen and oxygen atoms in total. The summed E-state index contributed by atoms with van der Waals surface area (Å²) >= 11 is 0. The van der Waals surface area contributed by atoms with Crippen molar-refractivity contribution in [3.05, 3.63) is 53.6 Å². The number of hydrogen-bond acceptors (Lipinski definition) is 3. The molecule has 2 N–H and O–H groups in total. The van der Waals surface area contributed by atoms with E-state index in [4.69, 9.17) is 0 Å². The second kappa shape index (κ2) is 6.83. The van der Waals surface area contributed by atoms with Gasteiger partial charge in [-0.15, -0.1) is 0 Å². The maximum Gasteiger partial charge on any atom is 0.259 e. The van der Waals surface area contributed by atoms with Crippen molar-refractivity contribution in [1.82, 2.24) is 4.98 Å². The number of carbonyl (C=O) groups is 1. The van der Waals surface area contributed by atoms with Gasteiger partial charge in [-0.1, -0.05) is 6.92 Å². The Kier molecular flexibility index (Phi) is 4.87. The molecule has 0 radical (unpaired) electrons. The second-order valence-electron chi connectivity index (χ2n) is 4.76. The average molecular weight is 287 g/mol. The van der Waals surface area contributed by atoms with Gasteiger partial charge in [0, 0.05) is 24.1 Å². The third kappa shape index (κ3) is 4.02. The molecule has 0 fully saturated rings. The van der Waals surface area contributed by atoms with E-state index in [9.17, 15) is 9.18 Å². The topological polar surface area (TPSA) is 54.0 Å². The lowest BCUT2D eigenvalue weighted by molar-refractivity contribution is 0.102. The van der Waals surface area contributed by atoms with Gasteiger partial charge in [0.15, 0.2) is 0 Å². The standard InChI is InChI=1S/C16H18FN3O/c1-3-8-18-15-9-11(2)19-10-14(15)16(21)20-13-6-4-12(17)5-7-13/h4-7,9-10H,3,8H2,1-2H3,(H,18,19)(H,20,21). The molecule has 0 atom stereocenters. The van der Waals surface area contributed by atoms with E-state index in [0.29, 0.717) is 11.3 Å². The van der Waals surface area contributed by atoms with Gasteiger partial charge in [-0.3, -0.25) is 9.78 Å².